The van der Waals surface area contributed by atoms with Gasteiger partial charge < -0.3 is 20.5 Å². The number of aromatic amines is 1. The molecule has 5 heteroatoms. The SMILES string of the molecule is O=c1ccc2c([C@@H](O)CN[C@@H]3CCC[C@@H]3C3CCCC3)ccc(O)c2[nH]1. The Bertz CT molecular complexity index is 826. The number of phenols is 1. The lowest BCUT2D eigenvalue weighted by Gasteiger charge is -2.27. The van der Waals surface area contributed by atoms with Gasteiger partial charge in [0, 0.05) is 24.0 Å². The fourth-order valence-corrected chi connectivity index (χ4v) is 5.11. The Kier molecular flexibility index (Phi) is 5.00. The van der Waals surface area contributed by atoms with Gasteiger partial charge in [0.1, 0.15) is 5.75 Å². The molecule has 0 saturated heterocycles. The normalized spacial score (nSPS) is 25.1. The minimum Gasteiger partial charge on any atom is -0.506 e. The highest BCUT2D eigenvalue weighted by Crippen LogP contribution is 2.40. The molecule has 0 unspecified atom stereocenters. The minimum atomic E-state index is -0.672. The van der Waals surface area contributed by atoms with Crippen LogP contribution in [0.25, 0.3) is 10.9 Å². The summed E-state index contributed by atoms with van der Waals surface area (Å²) in [4.78, 5) is 14.2. The number of pyridine rings is 1. The summed E-state index contributed by atoms with van der Waals surface area (Å²) in [5, 5.41) is 25.1. The molecule has 0 amide bonds. The molecular formula is C21H28N2O3. The second kappa shape index (κ2) is 7.41. The molecule has 4 N–H and O–H groups in total. The first-order valence-electron chi connectivity index (χ1n) is 9.90. The molecule has 1 heterocycles. The van der Waals surface area contributed by atoms with Gasteiger partial charge in [0.05, 0.1) is 11.6 Å². The minimum absolute atomic E-state index is 0.0266. The van der Waals surface area contributed by atoms with Gasteiger partial charge in [-0.05, 0) is 42.4 Å². The van der Waals surface area contributed by atoms with Crippen molar-refractivity contribution in [1.29, 1.82) is 0 Å². The highest BCUT2D eigenvalue weighted by atomic mass is 16.3. The van der Waals surface area contributed by atoms with Gasteiger partial charge in [0.2, 0.25) is 5.56 Å². The van der Waals surface area contributed by atoms with E-state index in [1.165, 1.54) is 57.1 Å². The molecule has 1 aromatic carbocycles. The van der Waals surface area contributed by atoms with Crippen LogP contribution in [0, 0.1) is 11.8 Å². The van der Waals surface area contributed by atoms with Gasteiger partial charge in [-0.15, -0.1) is 0 Å². The molecule has 0 bridgehead atoms. The van der Waals surface area contributed by atoms with E-state index in [1.54, 1.807) is 12.1 Å². The lowest BCUT2D eigenvalue weighted by atomic mass is 9.86. The van der Waals surface area contributed by atoms with Gasteiger partial charge in [0.15, 0.2) is 0 Å². The van der Waals surface area contributed by atoms with Gasteiger partial charge in [0.25, 0.3) is 0 Å². The maximum atomic E-state index is 11.5. The molecule has 2 aliphatic carbocycles. The second-order valence-electron chi connectivity index (χ2n) is 7.96. The smallest absolute Gasteiger partial charge is 0.248 e. The largest absolute Gasteiger partial charge is 0.506 e. The third kappa shape index (κ3) is 3.38. The number of aromatic hydroxyl groups is 1. The Morgan fingerprint density at radius 1 is 1.08 bits per heavy atom. The van der Waals surface area contributed by atoms with Crippen LogP contribution < -0.4 is 10.9 Å². The lowest BCUT2D eigenvalue weighted by Crippen LogP contribution is -2.37. The van der Waals surface area contributed by atoms with Gasteiger partial charge in [-0.2, -0.15) is 0 Å². The van der Waals surface area contributed by atoms with E-state index >= 15 is 0 Å². The van der Waals surface area contributed by atoms with E-state index in [4.69, 9.17) is 0 Å². The standard InChI is InChI=1S/C21H28N2O3/c24-18-10-8-15(16-9-11-20(26)23-21(16)18)19(25)12-22-17-7-3-6-14(17)13-4-1-2-5-13/h8-11,13-14,17,19,22,24-25H,1-7,12H2,(H,23,26)/t14-,17-,19+/m1/s1. The number of rotatable bonds is 5. The van der Waals surface area contributed by atoms with E-state index in [-0.39, 0.29) is 11.3 Å². The van der Waals surface area contributed by atoms with E-state index < -0.39 is 6.10 Å². The van der Waals surface area contributed by atoms with Crippen LogP contribution in [0.2, 0.25) is 0 Å². The Morgan fingerprint density at radius 3 is 2.69 bits per heavy atom. The Hall–Kier alpha value is -1.85. The van der Waals surface area contributed by atoms with E-state index in [0.29, 0.717) is 23.5 Å². The van der Waals surface area contributed by atoms with E-state index in [0.717, 1.165) is 17.4 Å². The lowest BCUT2D eigenvalue weighted by molar-refractivity contribution is 0.162. The zero-order valence-electron chi connectivity index (χ0n) is 15.1. The maximum Gasteiger partial charge on any atom is 0.248 e. The van der Waals surface area contributed by atoms with Crippen molar-refractivity contribution in [2.75, 3.05) is 6.54 Å². The number of nitrogens with one attached hydrogen (secondary N) is 2. The van der Waals surface area contributed by atoms with Crippen LogP contribution >= 0.6 is 0 Å². The first-order valence-corrected chi connectivity index (χ1v) is 9.90. The summed E-state index contributed by atoms with van der Waals surface area (Å²) in [7, 11) is 0. The molecule has 5 nitrogen and oxygen atoms in total. The third-order valence-electron chi connectivity index (χ3n) is 6.41. The summed E-state index contributed by atoms with van der Waals surface area (Å²) in [5.41, 5.74) is 0.860. The molecule has 0 aliphatic heterocycles. The second-order valence-corrected chi connectivity index (χ2v) is 7.96. The zero-order chi connectivity index (χ0) is 18.1. The van der Waals surface area contributed by atoms with Gasteiger partial charge in [-0.3, -0.25) is 4.79 Å². The molecule has 3 atom stereocenters. The van der Waals surface area contributed by atoms with Crippen molar-refractivity contribution < 1.29 is 10.2 Å². The first kappa shape index (κ1) is 17.6. The Labute approximate surface area is 153 Å². The molecule has 0 radical (unpaired) electrons. The predicted molar refractivity (Wildman–Crippen MR) is 102 cm³/mol. The quantitative estimate of drug-likeness (QED) is 0.663. The van der Waals surface area contributed by atoms with Gasteiger partial charge >= 0.3 is 0 Å². The summed E-state index contributed by atoms with van der Waals surface area (Å²) in [5.74, 6) is 1.63. The molecule has 1 aromatic heterocycles. The molecule has 2 aromatic rings. The van der Waals surface area contributed by atoms with E-state index in [1.807, 2.05) is 0 Å². The fourth-order valence-electron chi connectivity index (χ4n) is 5.11. The number of fused-ring (bicyclic) bond motifs is 1. The van der Waals surface area contributed by atoms with Crippen molar-refractivity contribution in [2.24, 2.45) is 11.8 Å². The van der Waals surface area contributed by atoms with Crippen LogP contribution in [-0.4, -0.2) is 27.8 Å². The molecule has 0 spiro atoms. The molecule has 140 valence electrons. The average molecular weight is 356 g/mol. The van der Waals surface area contributed by atoms with Crippen molar-refractivity contribution in [3.63, 3.8) is 0 Å². The average Bonchev–Trinajstić information content (AvgIpc) is 3.31. The number of aliphatic hydroxyl groups is 1. The van der Waals surface area contributed by atoms with Crippen LogP contribution in [0.4, 0.5) is 0 Å². The van der Waals surface area contributed by atoms with Crippen LogP contribution in [0.3, 0.4) is 0 Å². The molecule has 26 heavy (non-hydrogen) atoms. The zero-order valence-corrected chi connectivity index (χ0v) is 15.1. The first-order chi connectivity index (χ1) is 12.6. The Morgan fingerprint density at radius 2 is 1.88 bits per heavy atom. The third-order valence-corrected chi connectivity index (χ3v) is 6.41. The summed E-state index contributed by atoms with van der Waals surface area (Å²) < 4.78 is 0. The fraction of sp³-hybridized carbons (Fsp3) is 0.571. The summed E-state index contributed by atoms with van der Waals surface area (Å²) in [6.45, 7) is 0.493. The number of hydrogen-bond acceptors (Lipinski definition) is 4. The van der Waals surface area contributed by atoms with Gasteiger partial charge in [-0.25, -0.2) is 0 Å². The van der Waals surface area contributed by atoms with Crippen molar-refractivity contribution in [2.45, 2.75) is 57.1 Å². The van der Waals surface area contributed by atoms with E-state index in [2.05, 4.69) is 10.3 Å². The van der Waals surface area contributed by atoms with E-state index in [9.17, 15) is 15.0 Å². The highest BCUT2D eigenvalue weighted by Gasteiger charge is 2.34. The monoisotopic (exact) mass is 356 g/mol. The molecule has 2 aliphatic rings. The number of benzene rings is 1. The number of hydrogen-bond donors (Lipinski definition) is 4. The van der Waals surface area contributed by atoms with Crippen LogP contribution in [-0.2, 0) is 0 Å². The molecule has 4 rings (SSSR count). The molecule has 2 saturated carbocycles. The molecule has 2 fully saturated rings. The highest BCUT2D eigenvalue weighted by molar-refractivity contribution is 5.87. The van der Waals surface area contributed by atoms with Crippen molar-refractivity contribution in [1.82, 2.24) is 10.3 Å². The number of phenolic OH excluding ortho intramolecular Hbond substituents is 1. The molecular weight excluding hydrogens is 328 g/mol. The summed E-state index contributed by atoms with van der Waals surface area (Å²) in [6, 6.07) is 6.87. The summed E-state index contributed by atoms with van der Waals surface area (Å²) in [6.07, 6.45) is 8.57. The Balaban J connectivity index is 1.48. The van der Waals surface area contributed by atoms with Crippen molar-refractivity contribution in [3.8, 4) is 5.75 Å². The number of H-pyrrole nitrogens is 1. The maximum absolute atomic E-state index is 11.5. The predicted octanol–water partition coefficient (Wildman–Crippen LogP) is 3.22. The van der Waals surface area contributed by atoms with Crippen molar-refractivity contribution >= 4 is 10.9 Å². The number of aromatic nitrogens is 1. The van der Waals surface area contributed by atoms with Crippen LogP contribution in [0.5, 0.6) is 5.75 Å². The summed E-state index contributed by atoms with van der Waals surface area (Å²) >= 11 is 0. The van der Waals surface area contributed by atoms with Crippen LogP contribution in [0.15, 0.2) is 29.1 Å². The van der Waals surface area contributed by atoms with Crippen molar-refractivity contribution in [3.05, 3.63) is 40.2 Å². The van der Waals surface area contributed by atoms with Gasteiger partial charge in [-0.1, -0.05) is 38.2 Å². The van der Waals surface area contributed by atoms with Crippen LogP contribution in [0.1, 0.15) is 56.6 Å². The topological polar surface area (TPSA) is 85.3 Å². The number of aliphatic hydroxyl groups excluding tert-OH is 1.